The number of hydrogen-bond acceptors (Lipinski definition) is 7. The van der Waals surface area contributed by atoms with Gasteiger partial charge in [0.05, 0.1) is 11.0 Å². The van der Waals surface area contributed by atoms with Gasteiger partial charge in [-0.1, -0.05) is 30.3 Å². The lowest BCUT2D eigenvalue weighted by Gasteiger charge is -2.39. The molecule has 0 radical (unpaired) electrons. The number of hydrogen-bond donors (Lipinski definition) is 1. The highest BCUT2D eigenvalue weighted by atomic mass is 17.4. The number of likely N-dealkylation sites (tertiary alicyclic amines) is 1. The molecule has 29 heavy (non-hydrogen) atoms. The van der Waals surface area contributed by atoms with E-state index in [1.165, 1.54) is 6.20 Å². The summed E-state index contributed by atoms with van der Waals surface area (Å²) in [4.78, 5) is 45.7. The van der Waals surface area contributed by atoms with Crippen LogP contribution >= 0.6 is 0 Å². The van der Waals surface area contributed by atoms with Crippen LogP contribution in [0.1, 0.15) is 40.7 Å². The van der Waals surface area contributed by atoms with E-state index in [4.69, 9.17) is 14.7 Å². The van der Waals surface area contributed by atoms with Gasteiger partial charge in [-0.05, 0) is 35.8 Å². The number of aromatic nitrogens is 1. The van der Waals surface area contributed by atoms with E-state index in [1.54, 1.807) is 24.1 Å². The quantitative estimate of drug-likeness (QED) is 0.780. The number of carboxylic acid groups (broad SMARTS) is 1. The predicted octanol–water partition coefficient (Wildman–Crippen LogP) is 2.08. The third kappa shape index (κ3) is 3.73. The largest absolute Gasteiger partial charge is 0.481 e. The number of aliphatic carboxylic acids is 1. The summed E-state index contributed by atoms with van der Waals surface area (Å²) in [6.45, 7) is 0.713. The van der Waals surface area contributed by atoms with Crippen LogP contribution in [0, 0.1) is 0 Å². The number of piperidine rings is 1. The van der Waals surface area contributed by atoms with E-state index in [0.29, 0.717) is 37.2 Å². The first-order chi connectivity index (χ1) is 14.0. The first-order valence-electron chi connectivity index (χ1n) is 9.28. The van der Waals surface area contributed by atoms with Crippen molar-refractivity contribution in [2.24, 2.45) is 0 Å². The number of benzene rings is 1. The summed E-state index contributed by atoms with van der Waals surface area (Å²) in [6, 6.07) is 12.5. The predicted molar refractivity (Wildman–Crippen MR) is 98.9 cm³/mol. The number of rotatable bonds is 4. The second-order valence-corrected chi connectivity index (χ2v) is 7.07. The van der Waals surface area contributed by atoms with Gasteiger partial charge in [-0.2, -0.15) is 4.89 Å². The van der Waals surface area contributed by atoms with Crippen LogP contribution in [0.5, 0.6) is 0 Å². The van der Waals surface area contributed by atoms with Gasteiger partial charge in [0.15, 0.2) is 0 Å². The standard InChI is InChI=1S/C20H21N3O6/c1-22-27-18(28-29-22)16-8-7-14(13-21-16)17(24)23-11-9-20(10-12-23,19(25)26)15-5-3-2-4-6-15/h2-8,13,18H,9-12H2,1H3,(H,25,26). The molecule has 2 aliphatic rings. The van der Waals surface area contributed by atoms with E-state index < -0.39 is 17.7 Å². The lowest BCUT2D eigenvalue weighted by molar-refractivity contribution is -0.403. The molecule has 1 aromatic heterocycles. The van der Waals surface area contributed by atoms with E-state index in [9.17, 15) is 14.7 Å². The lowest BCUT2D eigenvalue weighted by atomic mass is 9.73. The fourth-order valence-electron chi connectivity index (χ4n) is 3.70. The summed E-state index contributed by atoms with van der Waals surface area (Å²) in [6.07, 6.45) is 1.38. The summed E-state index contributed by atoms with van der Waals surface area (Å²) in [5.74, 6) is -1.04. The Morgan fingerprint density at radius 3 is 2.41 bits per heavy atom. The maximum atomic E-state index is 12.8. The number of pyridine rings is 1. The van der Waals surface area contributed by atoms with Crippen LogP contribution in [0.15, 0.2) is 48.7 Å². The van der Waals surface area contributed by atoms with Gasteiger partial charge in [0, 0.05) is 26.3 Å². The van der Waals surface area contributed by atoms with Crippen molar-refractivity contribution in [2.75, 3.05) is 20.1 Å². The second-order valence-electron chi connectivity index (χ2n) is 7.07. The molecule has 152 valence electrons. The first-order valence-corrected chi connectivity index (χ1v) is 9.28. The topological polar surface area (TPSA) is 101 Å². The van der Waals surface area contributed by atoms with Crippen LogP contribution in [-0.2, 0) is 24.9 Å². The lowest BCUT2D eigenvalue weighted by Crippen LogP contribution is -2.49. The maximum absolute atomic E-state index is 12.8. The Balaban J connectivity index is 1.44. The second kappa shape index (κ2) is 7.88. The minimum absolute atomic E-state index is 0.183. The van der Waals surface area contributed by atoms with Gasteiger partial charge >= 0.3 is 5.97 Å². The normalized spacial score (nSPS) is 21.8. The van der Waals surface area contributed by atoms with E-state index in [-0.39, 0.29) is 5.91 Å². The van der Waals surface area contributed by atoms with Crippen LogP contribution in [-0.4, -0.2) is 52.2 Å². The van der Waals surface area contributed by atoms with Gasteiger partial charge in [0.25, 0.3) is 12.2 Å². The van der Waals surface area contributed by atoms with Crippen molar-refractivity contribution in [1.82, 2.24) is 15.1 Å². The van der Waals surface area contributed by atoms with Crippen molar-refractivity contribution in [2.45, 2.75) is 24.5 Å². The molecule has 1 atom stereocenters. The average Bonchev–Trinajstić information content (AvgIpc) is 3.20. The number of carbonyl (C=O) groups is 2. The van der Waals surface area contributed by atoms with Gasteiger partial charge in [0.1, 0.15) is 5.69 Å². The zero-order chi connectivity index (χ0) is 20.4. The van der Waals surface area contributed by atoms with Crippen molar-refractivity contribution in [1.29, 1.82) is 0 Å². The molecule has 4 rings (SSSR count). The molecule has 3 heterocycles. The molecule has 1 N–H and O–H groups in total. The molecule has 1 unspecified atom stereocenters. The van der Waals surface area contributed by atoms with Crippen LogP contribution in [0.2, 0.25) is 0 Å². The van der Waals surface area contributed by atoms with Crippen molar-refractivity contribution in [3.8, 4) is 0 Å². The Bertz CT molecular complexity index is 881. The molecular formula is C20H21N3O6. The van der Waals surface area contributed by atoms with E-state index in [0.717, 1.165) is 10.8 Å². The Hall–Kier alpha value is -2.85. The van der Waals surface area contributed by atoms with Crippen molar-refractivity contribution in [3.05, 3.63) is 65.5 Å². The summed E-state index contributed by atoms with van der Waals surface area (Å²) in [5.41, 5.74) is 0.694. The Morgan fingerprint density at radius 1 is 1.14 bits per heavy atom. The highest BCUT2D eigenvalue weighted by Crippen LogP contribution is 2.36. The summed E-state index contributed by atoms with van der Waals surface area (Å²) in [5, 5.41) is 11.0. The highest BCUT2D eigenvalue weighted by Gasteiger charge is 2.44. The minimum atomic E-state index is -0.969. The van der Waals surface area contributed by atoms with Gasteiger partial charge in [-0.25, -0.2) is 4.84 Å². The number of hydroxylamine groups is 2. The number of carboxylic acids is 1. The van der Waals surface area contributed by atoms with Crippen LogP contribution in [0.25, 0.3) is 0 Å². The van der Waals surface area contributed by atoms with Crippen molar-refractivity contribution >= 4 is 11.9 Å². The first kappa shape index (κ1) is 19.5. The summed E-state index contributed by atoms with van der Waals surface area (Å²) in [7, 11) is 1.54. The van der Waals surface area contributed by atoms with Gasteiger partial charge in [0.2, 0.25) is 0 Å². The minimum Gasteiger partial charge on any atom is -0.481 e. The summed E-state index contributed by atoms with van der Waals surface area (Å²) >= 11 is 0. The molecular weight excluding hydrogens is 378 g/mol. The molecule has 2 fully saturated rings. The average molecular weight is 399 g/mol. The highest BCUT2D eigenvalue weighted by molar-refractivity contribution is 5.94. The molecule has 0 aliphatic carbocycles. The SMILES string of the molecule is CN1OOC(c2ccc(C(=O)N3CCC(C(=O)O)(c4ccccc4)CC3)cn2)O1. The third-order valence-electron chi connectivity index (χ3n) is 5.39. The van der Waals surface area contributed by atoms with Gasteiger partial charge < -0.3 is 10.0 Å². The Morgan fingerprint density at radius 2 is 1.86 bits per heavy atom. The Labute approximate surface area is 167 Å². The van der Waals surface area contributed by atoms with Crippen LogP contribution < -0.4 is 0 Å². The van der Waals surface area contributed by atoms with E-state index in [1.807, 2.05) is 30.3 Å². The fraction of sp³-hybridized carbons (Fsp3) is 0.350. The van der Waals surface area contributed by atoms with Gasteiger partial charge in [-0.15, -0.1) is 4.99 Å². The van der Waals surface area contributed by atoms with E-state index in [2.05, 4.69) is 4.98 Å². The Kier molecular flexibility index (Phi) is 5.29. The molecule has 0 saturated carbocycles. The van der Waals surface area contributed by atoms with E-state index >= 15 is 0 Å². The molecule has 2 aliphatic heterocycles. The molecule has 9 heteroatoms. The number of amides is 1. The van der Waals surface area contributed by atoms with Crippen LogP contribution in [0.4, 0.5) is 0 Å². The number of carbonyl (C=O) groups excluding carboxylic acids is 1. The molecule has 1 amide bonds. The molecule has 2 saturated heterocycles. The maximum Gasteiger partial charge on any atom is 0.314 e. The van der Waals surface area contributed by atoms with Crippen LogP contribution in [0.3, 0.4) is 0 Å². The number of nitrogens with zero attached hydrogens (tertiary/aromatic N) is 3. The smallest absolute Gasteiger partial charge is 0.314 e. The van der Waals surface area contributed by atoms with Crippen molar-refractivity contribution in [3.63, 3.8) is 0 Å². The zero-order valence-corrected chi connectivity index (χ0v) is 15.9. The monoisotopic (exact) mass is 399 g/mol. The summed E-state index contributed by atoms with van der Waals surface area (Å²) < 4.78 is 0. The fourth-order valence-corrected chi connectivity index (χ4v) is 3.70. The molecule has 1 aromatic carbocycles. The molecule has 9 nitrogen and oxygen atoms in total. The molecule has 2 aromatic rings. The zero-order valence-electron chi connectivity index (χ0n) is 15.9. The third-order valence-corrected chi connectivity index (χ3v) is 5.39. The van der Waals surface area contributed by atoms with Gasteiger partial charge in [-0.3, -0.25) is 14.6 Å². The van der Waals surface area contributed by atoms with Crippen molar-refractivity contribution < 1.29 is 29.4 Å². The molecule has 0 bridgehead atoms. The molecule has 0 spiro atoms.